The maximum atomic E-state index is 14.6. The molecule has 5 aromatic rings. The summed E-state index contributed by atoms with van der Waals surface area (Å²) in [6, 6.07) is 14.6. The summed E-state index contributed by atoms with van der Waals surface area (Å²) in [4.78, 5) is 87.2. The quantitative estimate of drug-likeness (QED) is 0.107. The Bertz CT molecular complexity index is 2660. The molecule has 9 rings (SSSR count). The minimum atomic E-state index is -0.732. The predicted octanol–water partition coefficient (Wildman–Crippen LogP) is 8.16. The number of imidazole rings is 2. The SMILES string of the molecule is COC(=O)N[C@H](C(=O)N1CCC[C@H]1c1nc2ccc(-c3cc4c(c(-c5ccc6nc([C@@H]7CCCN7C(=O)[C@@H](NC(=O)OC)C(C)C)[nH]c6c5)c3)C(=O)C3(CCCC3)C4)cc2[nH]1)C(C)C. The topological polar surface area (TPSA) is 192 Å². The van der Waals surface area contributed by atoms with Crippen molar-refractivity contribution in [2.24, 2.45) is 17.3 Å². The highest BCUT2D eigenvalue weighted by molar-refractivity contribution is 6.11. The molecule has 4 aliphatic rings. The molecule has 15 heteroatoms. The highest BCUT2D eigenvalue weighted by atomic mass is 16.5. The zero-order chi connectivity index (χ0) is 45.0. The number of likely N-dealkylation sites (tertiary alicyclic amines) is 2. The summed E-state index contributed by atoms with van der Waals surface area (Å²) >= 11 is 0. The van der Waals surface area contributed by atoms with Crippen LogP contribution in [0, 0.1) is 17.3 Å². The number of nitrogens with one attached hydrogen (secondary N) is 4. The number of Topliss-reactive ketones (excluding diaryl/α,β-unsaturated/α-hetero) is 1. The van der Waals surface area contributed by atoms with Crippen molar-refractivity contribution in [2.75, 3.05) is 27.3 Å². The lowest BCUT2D eigenvalue weighted by atomic mass is 9.81. The van der Waals surface area contributed by atoms with Crippen LogP contribution in [-0.4, -0.2) is 98.9 Å². The van der Waals surface area contributed by atoms with Gasteiger partial charge in [-0.2, -0.15) is 0 Å². The van der Waals surface area contributed by atoms with Gasteiger partial charge in [0.05, 0.1) is 48.4 Å². The van der Waals surface area contributed by atoms with Crippen molar-refractivity contribution in [3.63, 3.8) is 0 Å². The van der Waals surface area contributed by atoms with E-state index in [2.05, 4.69) is 50.9 Å². The number of amides is 4. The van der Waals surface area contributed by atoms with Gasteiger partial charge >= 0.3 is 12.2 Å². The molecule has 4 heterocycles. The van der Waals surface area contributed by atoms with Gasteiger partial charge in [0.15, 0.2) is 5.78 Å². The third kappa shape index (κ3) is 7.66. The number of nitrogens with zero attached hydrogens (tertiary/aromatic N) is 4. The Morgan fingerprint density at radius 1 is 0.688 bits per heavy atom. The van der Waals surface area contributed by atoms with Crippen LogP contribution in [0.4, 0.5) is 9.59 Å². The van der Waals surface area contributed by atoms with Gasteiger partial charge in [0.25, 0.3) is 0 Å². The highest BCUT2D eigenvalue weighted by Gasteiger charge is 2.48. The van der Waals surface area contributed by atoms with Crippen LogP contribution in [0.25, 0.3) is 44.3 Å². The zero-order valence-electron chi connectivity index (χ0n) is 37.5. The molecule has 0 radical (unpaired) electrons. The number of fused-ring (bicyclic) bond motifs is 3. The van der Waals surface area contributed by atoms with Crippen molar-refractivity contribution in [1.82, 2.24) is 40.4 Å². The number of carbonyl (C=O) groups excluding carboxylic acids is 5. The van der Waals surface area contributed by atoms with Crippen LogP contribution in [0.2, 0.25) is 0 Å². The van der Waals surface area contributed by atoms with E-state index in [1.54, 1.807) is 0 Å². The van der Waals surface area contributed by atoms with Crippen molar-refractivity contribution in [3.8, 4) is 22.3 Å². The average Bonchev–Trinajstić information content (AvgIpc) is 4.15. The lowest BCUT2D eigenvalue weighted by Crippen LogP contribution is -2.51. The number of ether oxygens (including phenoxy) is 2. The van der Waals surface area contributed by atoms with E-state index in [1.165, 1.54) is 14.2 Å². The number of hydrogen-bond donors (Lipinski definition) is 4. The molecule has 2 aromatic heterocycles. The Labute approximate surface area is 372 Å². The van der Waals surface area contributed by atoms with E-state index in [0.717, 1.165) is 113 Å². The molecule has 336 valence electrons. The fraction of sp³-hybridized carbons (Fsp3) is 0.490. The first-order valence-electron chi connectivity index (χ1n) is 22.8. The summed E-state index contributed by atoms with van der Waals surface area (Å²) in [7, 11) is 2.58. The first kappa shape index (κ1) is 43.0. The van der Waals surface area contributed by atoms with Crippen molar-refractivity contribution >= 4 is 51.9 Å². The molecule has 4 atom stereocenters. The molecule has 2 saturated heterocycles. The molecule has 4 amide bonds. The zero-order valence-corrected chi connectivity index (χ0v) is 37.5. The van der Waals surface area contributed by atoms with Crippen molar-refractivity contribution < 1.29 is 33.4 Å². The van der Waals surface area contributed by atoms with Crippen LogP contribution < -0.4 is 10.6 Å². The van der Waals surface area contributed by atoms with Crippen LogP contribution in [0.3, 0.4) is 0 Å². The van der Waals surface area contributed by atoms with Crippen LogP contribution in [0.1, 0.15) is 119 Å². The number of ketones is 1. The number of H-pyrrole nitrogens is 2. The lowest BCUT2D eigenvalue weighted by molar-refractivity contribution is -0.136. The van der Waals surface area contributed by atoms with E-state index < -0.39 is 24.3 Å². The Hall–Kier alpha value is -6.25. The monoisotopic (exact) mass is 870 g/mol. The summed E-state index contributed by atoms with van der Waals surface area (Å²) in [5.74, 6) is 1.03. The number of benzene rings is 3. The number of methoxy groups -OCH3 is 2. The number of carbonyl (C=O) groups is 5. The minimum Gasteiger partial charge on any atom is -0.453 e. The van der Waals surface area contributed by atoms with Gasteiger partial charge in [-0.1, -0.05) is 58.7 Å². The molecule has 15 nitrogen and oxygen atoms in total. The Balaban J connectivity index is 1.04. The fourth-order valence-electron chi connectivity index (χ4n) is 10.8. The van der Waals surface area contributed by atoms with Gasteiger partial charge in [0.2, 0.25) is 11.8 Å². The standard InChI is InChI=1S/C49H58N8O7/c1-26(2)40(54-47(61)63-5)45(59)56-19-9-11-37(56)43-50-33-15-13-28(23-35(33)52-43)30-21-31-25-49(17-7-8-18-49)42(58)39(31)32(22-30)29-14-16-34-36(24-29)53-44(51-34)38-12-10-20-57(38)46(60)41(27(3)4)55-48(62)64-6/h13-16,21-24,26-27,37-38,40-41H,7-12,17-20,25H2,1-6H3,(H,50,52)(H,51,53)(H,54,61)(H,55,62)/t37-,38-,40-,41-/m0/s1. The Morgan fingerprint density at radius 3 is 1.69 bits per heavy atom. The van der Waals surface area contributed by atoms with Gasteiger partial charge in [0, 0.05) is 24.1 Å². The summed E-state index contributed by atoms with van der Waals surface area (Å²) in [5.41, 5.74) is 8.46. The summed E-state index contributed by atoms with van der Waals surface area (Å²) in [6.07, 6.45) is 6.43. The van der Waals surface area contributed by atoms with Gasteiger partial charge in [-0.15, -0.1) is 0 Å². The molecule has 1 saturated carbocycles. The molecule has 4 N–H and O–H groups in total. The lowest BCUT2D eigenvalue weighted by Gasteiger charge is -2.29. The van der Waals surface area contributed by atoms with Crippen LogP contribution in [-0.2, 0) is 25.5 Å². The molecule has 64 heavy (non-hydrogen) atoms. The Morgan fingerprint density at radius 2 is 1.19 bits per heavy atom. The second-order valence-electron chi connectivity index (χ2n) is 18.9. The summed E-state index contributed by atoms with van der Waals surface area (Å²) in [5, 5.41) is 5.44. The van der Waals surface area contributed by atoms with E-state index >= 15 is 0 Å². The predicted molar refractivity (Wildman–Crippen MR) is 241 cm³/mol. The maximum absolute atomic E-state index is 14.6. The molecule has 0 bridgehead atoms. The van der Waals surface area contributed by atoms with E-state index in [4.69, 9.17) is 19.4 Å². The third-order valence-corrected chi connectivity index (χ3v) is 14.1. The van der Waals surface area contributed by atoms with E-state index in [9.17, 15) is 24.0 Å². The van der Waals surface area contributed by atoms with Gasteiger partial charge in [-0.05, 0) is 115 Å². The molecular formula is C49H58N8O7. The number of alkyl carbamates (subject to hydrolysis) is 2. The maximum Gasteiger partial charge on any atom is 0.407 e. The average molecular weight is 871 g/mol. The number of aromatic amines is 2. The molecule has 3 aromatic carbocycles. The van der Waals surface area contributed by atoms with Crippen molar-refractivity contribution in [1.29, 1.82) is 0 Å². The molecule has 3 fully saturated rings. The molecular weight excluding hydrogens is 813 g/mol. The fourth-order valence-corrected chi connectivity index (χ4v) is 10.8. The first-order chi connectivity index (χ1) is 30.8. The smallest absolute Gasteiger partial charge is 0.407 e. The third-order valence-electron chi connectivity index (χ3n) is 14.1. The number of rotatable bonds is 10. The summed E-state index contributed by atoms with van der Waals surface area (Å²) < 4.78 is 9.63. The normalized spacial score (nSPS) is 20.2. The van der Waals surface area contributed by atoms with Crippen LogP contribution in [0.15, 0.2) is 48.5 Å². The Kier molecular flexibility index (Phi) is 11.5. The van der Waals surface area contributed by atoms with Crippen molar-refractivity contribution in [3.05, 3.63) is 71.3 Å². The van der Waals surface area contributed by atoms with Gasteiger partial charge in [-0.25, -0.2) is 19.6 Å². The van der Waals surface area contributed by atoms with E-state index in [1.807, 2.05) is 55.7 Å². The highest BCUT2D eigenvalue weighted by Crippen LogP contribution is 2.52. The van der Waals surface area contributed by atoms with Gasteiger partial charge < -0.3 is 39.9 Å². The second-order valence-corrected chi connectivity index (χ2v) is 18.9. The molecule has 1 spiro atoms. The molecule has 2 aliphatic heterocycles. The van der Waals surface area contributed by atoms with E-state index in [0.29, 0.717) is 24.7 Å². The summed E-state index contributed by atoms with van der Waals surface area (Å²) in [6.45, 7) is 8.72. The number of hydrogen-bond acceptors (Lipinski definition) is 9. The number of aromatic nitrogens is 4. The minimum absolute atomic E-state index is 0.136. The molecule has 2 aliphatic carbocycles. The first-order valence-corrected chi connectivity index (χ1v) is 22.8. The van der Waals surface area contributed by atoms with Gasteiger partial charge in [0.1, 0.15) is 23.7 Å². The van der Waals surface area contributed by atoms with Crippen LogP contribution >= 0.6 is 0 Å². The van der Waals surface area contributed by atoms with E-state index in [-0.39, 0.29) is 46.9 Å². The largest absolute Gasteiger partial charge is 0.453 e. The van der Waals surface area contributed by atoms with Crippen LogP contribution in [0.5, 0.6) is 0 Å². The van der Waals surface area contributed by atoms with Crippen molar-refractivity contribution in [2.45, 2.75) is 110 Å². The van der Waals surface area contributed by atoms with Gasteiger partial charge in [-0.3, -0.25) is 14.4 Å². The second kappa shape index (κ2) is 17.0. The molecule has 0 unspecified atom stereocenters.